The Morgan fingerprint density at radius 2 is 1.48 bits per heavy atom. The van der Waals surface area contributed by atoms with E-state index in [1.165, 1.54) is 12.1 Å². The van der Waals surface area contributed by atoms with Gasteiger partial charge in [-0.15, -0.1) is 4.57 Å². The van der Waals surface area contributed by atoms with E-state index >= 15 is 0 Å². The van der Waals surface area contributed by atoms with E-state index in [-0.39, 0.29) is 0 Å². The van der Waals surface area contributed by atoms with Crippen molar-refractivity contribution in [2.45, 2.75) is 6.18 Å². The van der Waals surface area contributed by atoms with Crippen LogP contribution in [-0.4, -0.2) is 26.2 Å². The van der Waals surface area contributed by atoms with Crippen LogP contribution >= 0.6 is 0 Å². The Balaban J connectivity index is 1.94. The predicted molar refractivity (Wildman–Crippen MR) is 90.6 cm³/mol. The van der Waals surface area contributed by atoms with Gasteiger partial charge in [-0.3, -0.25) is 0 Å². The molecule has 25 heavy (non-hydrogen) atoms. The molecule has 0 unspecified atom stereocenters. The highest BCUT2D eigenvalue weighted by atomic mass is 19.4. The van der Waals surface area contributed by atoms with Crippen molar-refractivity contribution in [3.8, 4) is 11.1 Å². The van der Waals surface area contributed by atoms with Gasteiger partial charge in [0.25, 0.3) is 0 Å². The fourth-order valence-electron chi connectivity index (χ4n) is 2.59. The molecule has 0 radical (unpaired) electrons. The second-order valence-corrected chi connectivity index (χ2v) is 5.94. The summed E-state index contributed by atoms with van der Waals surface area (Å²) in [6, 6.07) is 14.9. The summed E-state index contributed by atoms with van der Waals surface area (Å²) in [5.74, 6) is -1.91. The Kier molecular flexibility index (Phi) is 4.20. The molecule has 1 aromatic heterocycles. The van der Waals surface area contributed by atoms with Gasteiger partial charge in [0.1, 0.15) is 0 Å². The van der Waals surface area contributed by atoms with Crippen molar-refractivity contribution in [2.75, 3.05) is 19.0 Å². The molecule has 0 aliphatic heterocycles. The van der Waals surface area contributed by atoms with Crippen molar-refractivity contribution in [2.24, 2.45) is 0 Å². The highest BCUT2D eigenvalue weighted by molar-refractivity contribution is 5.89. The number of halogens is 3. The van der Waals surface area contributed by atoms with Gasteiger partial charge in [0.05, 0.1) is 0 Å². The van der Waals surface area contributed by atoms with Crippen LogP contribution in [0.5, 0.6) is 0 Å². The van der Waals surface area contributed by atoms with Crippen LogP contribution in [0.2, 0.25) is 0 Å². The van der Waals surface area contributed by atoms with E-state index in [4.69, 9.17) is 0 Å². The van der Waals surface area contributed by atoms with Gasteiger partial charge in [-0.1, -0.05) is 18.2 Å². The maximum absolute atomic E-state index is 12.4. The number of nitrogens with zero attached hydrogens (tertiary/aromatic N) is 2. The number of alkyl halides is 3. The van der Waals surface area contributed by atoms with Crippen molar-refractivity contribution in [3.05, 3.63) is 60.9 Å². The molecule has 0 spiro atoms. The summed E-state index contributed by atoms with van der Waals surface area (Å²) in [5.41, 5.74) is 2.70. The molecule has 0 bridgehead atoms. The number of fused-ring (bicyclic) bond motifs is 1. The molecule has 0 saturated carbocycles. The lowest BCUT2D eigenvalue weighted by atomic mass is 10.0. The highest BCUT2D eigenvalue weighted by Crippen LogP contribution is 2.26. The zero-order chi connectivity index (χ0) is 18.2. The van der Waals surface area contributed by atoms with E-state index < -0.39 is 12.1 Å². The molecule has 0 aliphatic rings. The van der Waals surface area contributed by atoms with E-state index in [2.05, 4.69) is 6.07 Å². The summed E-state index contributed by atoms with van der Waals surface area (Å²) in [6.07, 6.45) is -2.63. The summed E-state index contributed by atoms with van der Waals surface area (Å²) in [5, 5.41) is 2.11. The fraction of sp³-hybridized carbons (Fsp3) is 0.158. The molecular weight excluding hydrogens is 329 g/mol. The largest absolute Gasteiger partial charge is 0.521 e. The van der Waals surface area contributed by atoms with Crippen LogP contribution in [0, 0.1) is 0 Å². The third-order valence-corrected chi connectivity index (χ3v) is 3.98. The van der Waals surface area contributed by atoms with Crippen molar-refractivity contribution < 1.29 is 22.5 Å². The molecule has 3 aromatic rings. The molecule has 3 nitrogen and oxygen atoms in total. The summed E-state index contributed by atoms with van der Waals surface area (Å²) in [7, 11) is 3.94. The van der Waals surface area contributed by atoms with Gasteiger partial charge in [0, 0.05) is 31.9 Å². The zero-order valence-electron chi connectivity index (χ0n) is 13.7. The molecular formula is C19H16F3N2O+. The van der Waals surface area contributed by atoms with E-state index in [0.29, 0.717) is 4.57 Å². The van der Waals surface area contributed by atoms with Crippen molar-refractivity contribution in [1.82, 2.24) is 0 Å². The molecule has 0 fully saturated rings. The zero-order valence-corrected chi connectivity index (χ0v) is 13.7. The lowest BCUT2D eigenvalue weighted by Gasteiger charge is -2.13. The minimum Gasteiger partial charge on any atom is -0.378 e. The number of benzene rings is 2. The molecule has 2 aromatic carbocycles. The Bertz CT molecular complexity index is 932. The van der Waals surface area contributed by atoms with Crippen LogP contribution < -0.4 is 9.47 Å². The second kappa shape index (κ2) is 6.20. The number of pyridine rings is 1. The van der Waals surface area contributed by atoms with E-state index in [9.17, 15) is 18.0 Å². The number of hydrogen-bond acceptors (Lipinski definition) is 2. The maximum Gasteiger partial charge on any atom is 0.521 e. The lowest BCUT2D eigenvalue weighted by molar-refractivity contribution is -0.586. The van der Waals surface area contributed by atoms with Crippen LogP contribution in [0.1, 0.15) is 4.79 Å². The fourth-order valence-corrected chi connectivity index (χ4v) is 2.59. The van der Waals surface area contributed by atoms with Gasteiger partial charge in [0.2, 0.25) is 0 Å². The van der Waals surface area contributed by atoms with Crippen molar-refractivity contribution in [1.29, 1.82) is 0 Å². The molecule has 0 amide bonds. The average Bonchev–Trinajstić information content (AvgIpc) is 2.59. The number of aromatic nitrogens is 1. The second-order valence-electron chi connectivity index (χ2n) is 5.94. The first-order valence-corrected chi connectivity index (χ1v) is 7.60. The summed E-state index contributed by atoms with van der Waals surface area (Å²) in [4.78, 5) is 13.2. The van der Waals surface area contributed by atoms with Crippen LogP contribution in [0.25, 0.3) is 21.9 Å². The third kappa shape index (κ3) is 3.47. The van der Waals surface area contributed by atoms with Gasteiger partial charge in [0.15, 0.2) is 12.4 Å². The highest BCUT2D eigenvalue weighted by Gasteiger charge is 2.47. The van der Waals surface area contributed by atoms with E-state index in [1.54, 1.807) is 0 Å². The Morgan fingerprint density at radius 1 is 0.880 bits per heavy atom. The van der Waals surface area contributed by atoms with Gasteiger partial charge in [-0.2, -0.15) is 13.2 Å². The van der Waals surface area contributed by atoms with E-state index in [0.717, 1.165) is 40.0 Å². The van der Waals surface area contributed by atoms with Gasteiger partial charge in [-0.25, -0.2) is 4.79 Å². The summed E-state index contributed by atoms with van der Waals surface area (Å²) in [6.45, 7) is 0. The number of carbonyl (C=O) groups excluding carboxylic acids is 1. The van der Waals surface area contributed by atoms with Crippen LogP contribution in [0.4, 0.5) is 18.9 Å². The first kappa shape index (κ1) is 17.0. The molecule has 6 heteroatoms. The Labute approximate surface area is 142 Å². The minimum absolute atomic E-state index is 0.536. The van der Waals surface area contributed by atoms with Crippen molar-refractivity contribution >= 4 is 22.4 Å². The molecule has 3 rings (SSSR count). The van der Waals surface area contributed by atoms with Crippen LogP contribution in [0.3, 0.4) is 0 Å². The van der Waals surface area contributed by atoms with Crippen LogP contribution in [-0.2, 0) is 0 Å². The minimum atomic E-state index is -4.89. The predicted octanol–water partition coefficient (Wildman–Crippen LogP) is 4.06. The number of anilines is 1. The Morgan fingerprint density at radius 3 is 2.08 bits per heavy atom. The van der Waals surface area contributed by atoms with Crippen LogP contribution in [0.15, 0.2) is 60.9 Å². The molecule has 0 N–H and O–H groups in total. The number of carbonyl (C=O) groups is 1. The first-order valence-electron chi connectivity index (χ1n) is 7.60. The smallest absolute Gasteiger partial charge is 0.378 e. The molecule has 0 atom stereocenters. The number of rotatable bonds is 2. The molecule has 0 aliphatic carbocycles. The van der Waals surface area contributed by atoms with Gasteiger partial charge >= 0.3 is 12.1 Å². The maximum atomic E-state index is 12.4. The standard InChI is InChI=1S/C19H16F3N2O/c1-23(2)17-6-5-15-11-14(3-4-16(15)12-17)13-7-9-24(10-8-13)18(25)19(20,21)22/h3-12H,1-2H3/q+1. The topological polar surface area (TPSA) is 24.2 Å². The normalized spacial score (nSPS) is 11.6. The summed E-state index contributed by atoms with van der Waals surface area (Å²) < 4.78 is 37.9. The molecule has 1 heterocycles. The monoisotopic (exact) mass is 345 g/mol. The van der Waals surface area contributed by atoms with Crippen molar-refractivity contribution in [3.63, 3.8) is 0 Å². The van der Waals surface area contributed by atoms with E-state index in [1.807, 2.05) is 49.3 Å². The SMILES string of the molecule is CN(C)c1ccc2cc(-c3cc[n+](C(=O)C(F)(F)F)cc3)ccc2c1. The number of hydrogen-bond donors (Lipinski definition) is 0. The van der Waals surface area contributed by atoms with Gasteiger partial charge < -0.3 is 4.90 Å². The quantitative estimate of drug-likeness (QED) is 0.654. The first-order chi connectivity index (χ1) is 11.8. The third-order valence-electron chi connectivity index (χ3n) is 3.98. The molecule has 128 valence electrons. The Hall–Kier alpha value is -2.89. The molecule has 0 saturated heterocycles. The van der Waals surface area contributed by atoms with Gasteiger partial charge in [-0.05, 0) is 40.1 Å². The lowest BCUT2D eigenvalue weighted by Crippen LogP contribution is -2.50. The summed E-state index contributed by atoms with van der Waals surface area (Å²) >= 11 is 0. The average molecular weight is 345 g/mol.